The SMILES string of the molecule is CCC1CN(S(=O)(=O)c2ccc(F)c(C#N)c2)CCN1CC(C)O. The van der Waals surface area contributed by atoms with Crippen LogP contribution < -0.4 is 0 Å². The molecule has 0 saturated carbocycles. The monoisotopic (exact) mass is 355 g/mol. The Balaban J connectivity index is 2.23. The number of sulfonamides is 1. The molecule has 0 radical (unpaired) electrons. The molecule has 0 amide bonds. The summed E-state index contributed by atoms with van der Waals surface area (Å²) < 4.78 is 40.4. The number of piperazine rings is 1. The molecule has 0 aliphatic carbocycles. The largest absolute Gasteiger partial charge is 0.392 e. The molecule has 1 aliphatic rings. The van der Waals surface area contributed by atoms with Gasteiger partial charge >= 0.3 is 0 Å². The quantitative estimate of drug-likeness (QED) is 0.857. The van der Waals surface area contributed by atoms with Crippen LogP contribution >= 0.6 is 0 Å². The van der Waals surface area contributed by atoms with E-state index < -0.39 is 21.9 Å². The minimum Gasteiger partial charge on any atom is -0.392 e. The van der Waals surface area contributed by atoms with Crippen molar-refractivity contribution >= 4 is 10.0 Å². The summed E-state index contributed by atoms with van der Waals surface area (Å²) in [5.74, 6) is -0.732. The van der Waals surface area contributed by atoms with Crippen LogP contribution in [0.15, 0.2) is 23.1 Å². The average Bonchev–Trinajstić information content (AvgIpc) is 2.54. The molecule has 1 saturated heterocycles. The van der Waals surface area contributed by atoms with E-state index in [-0.39, 0.29) is 16.5 Å². The van der Waals surface area contributed by atoms with Crippen molar-refractivity contribution in [3.05, 3.63) is 29.6 Å². The van der Waals surface area contributed by atoms with Gasteiger partial charge in [-0.1, -0.05) is 6.92 Å². The zero-order chi connectivity index (χ0) is 17.9. The van der Waals surface area contributed by atoms with Gasteiger partial charge in [-0.15, -0.1) is 0 Å². The molecule has 0 aromatic heterocycles. The number of nitrogens with zero attached hydrogens (tertiary/aromatic N) is 3. The van der Waals surface area contributed by atoms with Gasteiger partial charge in [0, 0.05) is 32.2 Å². The molecule has 8 heteroatoms. The first-order valence-corrected chi connectivity index (χ1v) is 9.35. The number of rotatable bonds is 5. The van der Waals surface area contributed by atoms with E-state index in [0.717, 1.165) is 18.6 Å². The van der Waals surface area contributed by atoms with Crippen molar-refractivity contribution in [1.82, 2.24) is 9.21 Å². The molecular formula is C16H22FN3O3S. The number of aliphatic hydroxyl groups excluding tert-OH is 1. The van der Waals surface area contributed by atoms with Gasteiger partial charge in [0.2, 0.25) is 10.0 Å². The summed E-state index contributed by atoms with van der Waals surface area (Å²) in [5, 5.41) is 18.5. The lowest BCUT2D eigenvalue weighted by atomic mass is 10.1. The molecule has 1 aromatic carbocycles. The molecule has 132 valence electrons. The lowest BCUT2D eigenvalue weighted by Gasteiger charge is -2.41. The van der Waals surface area contributed by atoms with Crippen LogP contribution in [0.1, 0.15) is 25.8 Å². The third kappa shape index (κ3) is 3.92. The minimum atomic E-state index is -3.78. The number of aliphatic hydroxyl groups is 1. The van der Waals surface area contributed by atoms with E-state index in [1.807, 2.05) is 6.92 Å². The summed E-state index contributed by atoms with van der Waals surface area (Å²) in [6.07, 6.45) is 0.281. The topological polar surface area (TPSA) is 84.6 Å². The van der Waals surface area contributed by atoms with E-state index in [0.29, 0.717) is 26.2 Å². The normalized spacial score (nSPS) is 21.4. The highest BCUT2D eigenvalue weighted by Gasteiger charge is 2.34. The highest BCUT2D eigenvalue weighted by Crippen LogP contribution is 2.23. The predicted octanol–water partition coefficient (Wildman–Crippen LogP) is 1.16. The van der Waals surface area contributed by atoms with Gasteiger partial charge in [-0.2, -0.15) is 9.57 Å². The van der Waals surface area contributed by atoms with Gasteiger partial charge in [-0.3, -0.25) is 4.90 Å². The second-order valence-corrected chi connectivity index (χ2v) is 7.96. The molecule has 24 heavy (non-hydrogen) atoms. The van der Waals surface area contributed by atoms with Crippen LogP contribution in [-0.4, -0.2) is 61.1 Å². The Morgan fingerprint density at radius 2 is 2.17 bits per heavy atom. The molecule has 0 bridgehead atoms. The van der Waals surface area contributed by atoms with Crippen LogP contribution in [0.4, 0.5) is 4.39 Å². The van der Waals surface area contributed by atoms with Gasteiger partial charge in [-0.25, -0.2) is 12.8 Å². The van der Waals surface area contributed by atoms with E-state index in [1.54, 1.807) is 13.0 Å². The van der Waals surface area contributed by atoms with E-state index in [9.17, 15) is 17.9 Å². The molecule has 0 spiro atoms. The predicted molar refractivity (Wildman–Crippen MR) is 87.2 cm³/mol. The second-order valence-electron chi connectivity index (χ2n) is 6.02. The van der Waals surface area contributed by atoms with Crippen LogP contribution in [-0.2, 0) is 10.0 Å². The average molecular weight is 355 g/mol. The molecule has 1 fully saturated rings. The molecule has 1 N–H and O–H groups in total. The maximum atomic E-state index is 13.4. The zero-order valence-electron chi connectivity index (χ0n) is 13.8. The number of β-amino-alcohol motifs (C(OH)–C–C–N with tert-alkyl or cyclic N) is 1. The highest BCUT2D eigenvalue weighted by molar-refractivity contribution is 7.89. The highest BCUT2D eigenvalue weighted by atomic mass is 32.2. The van der Waals surface area contributed by atoms with Gasteiger partial charge in [-0.05, 0) is 31.5 Å². The van der Waals surface area contributed by atoms with Crippen LogP contribution in [0.3, 0.4) is 0 Å². The summed E-state index contributed by atoms with van der Waals surface area (Å²) in [4.78, 5) is 2.02. The van der Waals surface area contributed by atoms with Gasteiger partial charge in [0.1, 0.15) is 11.9 Å². The Kier molecular flexibility index (Phi) is 5.93. The molecule has 2 rings (SSSR count). The molecule has 2 atom stereocenters. The summed E-state index contributed by atoms with van der Waals surface area (Å²) >= 11 is 0. The minimum absolute atomic E-state index is 0.0130. The molecule has 6 nitrogen and oxygen atoms in total. The maximum absolute atomic E-state index is 13.4. The Hall–Kier alpha value is -1.53. The number of benzene rings is 1. The number of halogens is 1. The molecule has 1 aliphatic heterocycles. The first-order chi connectivity index (χ1) is 11.3. The smallest absolute Gasteiger partial charge is 0.243 e. The first-order valence-electron chi connectivity index (χ1n) is 7.91. The van der Waals surface area contributed by atoms with Crippen molar-refractivity contribution in [3.8, 4) is 6.07 Å². The van der Waals surface area contributed by atoms with E-state index in [2.05, 4.69) is 4.90 Å². The summed E-state index contributed by atoms with van der Waals surface area (Å²) in [6, 6.07) is 4.95. The van der Waals surface area contributed by atoms with Crippen molar-refractivity contribution in [3.63, 3.8) is 0 Å². The van der Waals surface area contributed by atoms with Crippen molar-refractivity contribution < 1.29 is 17.9 Å². The van der Waals surface area contributed by atoms with Crippen molar-refractivity contribution in [2.45, 2.75) is 37.3 Å². The molecule has 1 heterocycles. The summed E-state index contributed by atoms with van der Waals surface area (Å²) in [5.41, 5.74) is -0.282. The number of hydrogen-bond acceptors (Lipinski definition) is 5. The fraction of sp³-hybridized carbons (Fsp3) is 0.562. The zero-order valence-corrected chi connectivity index (χ0v) is 14.6. The van der Waals surface area contributed by atoms with E-state index in [4.69, 9.17) is 5.26 Å². The fourth-order valence-corrected chi connectivity index (χ4v) is 4.44. The van der Waals surface area contributed by atoms with Crippen LogP contribution in [0.5, 0.6) is 0 Å². The Labute approximate surface area is 142 Å². The number of hydrogen-bond donors (Lipinski definition) is 1. The lowest BCUT2D eigenvalue weighted by molar-refractivity contribution is 0.0613. The lowest BCUT2D eigenvalue weighted by Crippen LogP contribution is -2.55. The summed E-state index contributed by atoms with van der Waals surface area (Å²) in [7, 11) is -3.78. The standard InChI is InChI=1S/C16H22FN3O3S/c1-3-14-11-20(7-6-19(14)10-12(2)21)24(22,23)15-4-5-16(17)13(8-15)9-18/h4-5,8,12,14,21H,3,6-7,10-11H2,1-2H3. The fourth-order valence-electron chi connectivity index (χ4n) is 2.95. The van der Waals surface area contributed by atoms with Crippen LogP contribution in [0, 0.1) is 17.1 Å². The third-order valence-electron chi connectivity index (χ3n) is 4.23. The van der Waals surface area contributed by atoms with Crippen LogP contribution in [0.25, 0.3) is 0 Å². The summed E-state index contributed by atoms with van der Waals surface area (Å²) in [6.45, 7) is 5.31. The molecular weight excluding hydrogens is 333 g/mol. The van der Waals surface area contributed by atoms with Crippen molar-refractivity contribution in [2.24, 2.45) is 0 Å². The van der Waals surface area contributed by atoms with Gasteiger partial charge in [0.25, 0.3) is 0 Å². The third-order valence-corrected chi connectivity index (χ3v) is 6.09. The maximum Gasteiger partial charge on any atom is 0.243 e. The van der Waals surface area contributed by atoms with Crippen molar-refractivity contribution in [2.75, 3.05) is 26.2 Å². The van der Waals surface area contributed by atoms with Crippen molar-refractivity contribution in [1.29, 1.82) is 5.26 Å². The molecule has 1 aromatic rings. The Morgan fingerprint density at radius 1 is 1.46 bits per heavy atom. The van der Waals surface area contributed by atoms with E-state index >= 15 is 0 Å². The van der Waals surface area contributed by atoms with E-state index in [1.165, 1.54) is 10.4 Å². The Morgan fingerprint density at radius 3 is 2.75 bits per heavy atom. The second kappa shape index (κ2) is 7.57. The first kappa shape index (κ1) is 18.8. The van der Waals surface area contributed by atoms with Gasteiger partial charge in [0.15, 0.2) is 0 Å². The Bertz CT molecular complexity index is 731. The van der Waals surface area contributed by atoms with Crippen LogP contribution in [0.2, 0.25) is 0 Å². The van der Waals surface area contributed by atoms with Gasteiger partial charge in [0.05, 0.1) is 16.6 Å². The molecule has 2 unspecified atom stereocenters. The number of nitriles is 1. The van der Waals surface area contributed by atoms with Gasteiger partial charge < -0.3 is 5.11 Å².